The van der Waals surface area contributed by atoms with Crippen molar-refractivity contribution >= 4 is 23.2 Å². The van der Waals surface area contributed by atoms with Crippen molar-refractivity contribution in [2.45, 2.75) is 20.5 Å². The molecule has 0 spiro atoms. The molecule has 1 aromatic carbocycles. The molecular weight excluding hydrogens is 442 g/mol. The number of methoxy groups -OCH3 is 1. The number of anilines is 1. The van der Waals surface area contributed by atoms with Gasteiger partial charge in [-0.2, -0.15) is 5.10 Å². The fourth-order valence-corrected chi connectivity index (χ4v) is 3.46. The topological polar surface area (TPSA) is 91.2 Å². The van der Waals surface area contributed by atoms with Gasteiger partial charge in [-0.15, -0.1) is 0 Å². The Bertz CT molecular complexity index is 1290. The Morgan fingerprint density at radius 2 is 1.97 bits per heavy atom. The number of ether oxygens (including phenoxy) is 2. The van der Waals surface area contributed by atoms with E-state index in [9.17, 15) is 4.79 Å². The van der Waals surface area contributed by atoms with Crippen LogP contribution in [-0.4, -0.2) is 32.8 Å². The first kappa shape index (κ1) is 22.3. The standard InChI is InChI=1S/C24H22ClN5O3/c1-15-11-16(2)30(29-15)22-9-7-19(25)23(28-22)24(31)27-18-6-8-20(32-3)21(12-18)33-14-17-5-4-10-26-13-17/h4-13H,14H2,1-3H3,(H,27,31). The third-order valence-electron chi connectivity index (χ3n) is 4.81. The van der Waals surface area contributed by atoms with E-state index < -0.39 is 5.91 Å². The van der Waals surface area contributed by atoms with Gasteiger partial charge < -0.3 is 14.8 Å². The third kappa shape index (κ3) is 5.12. The number of hydrogen-bond acceptors (Lipinski definition) is 6. The van der Waals surface area contributed by atoms with Crippen molar-refractivity contribution in [3.8, 4) is 17.3 Å². The van der Waals surface area contributed by atoms with Crippen LogP contribution in [0.2, 0.25) is 5.02 Å². The number of aromatic nitrogens is 4. The van der Waals surface area contributed by atoms with Crippen molar-refractivity contribution in [3.63, 3.8) is 0 Å². The second-order valence-corrected chi connectivity index (χ2v) is 7.72. The number of nitrogens with zero attached hydrogens (tertiary/aromatic N) is 4. The Hall–Kier alpha value is -3.91. The summed E-state index contributed by atoms with van der Waals surface area (Å²) in [5, 5.41) is 7.47. The molecule has 9 heteroatoms. The normalized spacial score (nSPS) is 10.7. The number of carbonyl (C=O) groups excluding carboxylic acids is 1. The molecule has 4 rings (SSSR count). The van der Waals surface area contributed by atoms with Crippen molar-refractivity contribution in [2.75, 3.05) is 12.4 Å². The van der Waals surface area contributed by atoms with E-state index in [0.29, 0.717) is 29.6 Å². The number of rotatable bonds is 7. The number of aryl methyl sites for hydroxylation is 2. The average molecular weight is 464 g/mol. The predicted molar refractivity (Wildman–Crippen MR) is 125 cm³/mol. The van der Waals surface area contributed by atoms with Crippen LogP contribution in [0.25, 0.3) is 5.82 Å². The summed E-state index contributed by atoms with van der Waals surface area (Å²) in [7, 11) is 1.55. The summed E-state index contributed by atoms with van der Waals surface area (Å²) >= 11 is 6.28. The fourth-order valence-electron chi connectivity index (χ4n) is 3.27. The predicted octanol–water partition coefficient (Wildman–Crippen LogP) is 4.77. The van der Waals surface area contributed by atoms with E-state index in [4.69, 9.17) is 21.1 Å². The molecule has 0 saturated heterocycles. The lowest BCUT2D eigenvalue weighted by molar-refractivity contribution is 0.102. The van der Waals surface area contributed by atoms with Crippen molar-refractivity contribution < 1.29 is 14.3 Å². The molecule has 0 bridgehead atoms. The minimum Gasteiger partial charge on any atom is -0.493 e. The molecule has 3 heterocycles. The van der Waals surface area contributed by atoms with E-state index in [1.54, 1.807) is 54.5 Å². The summed E-state index contributed by atoms with van der Waals surface area (Å²) in [6, 6.07) is 14.1. The maximum absolute atomic E-state index is 13.0. The molecule has 0 aliphatic rings. The number of halogens is 1. The van der Waals surface area contributed by atoms with Crippen molar-refractivity contribution in [1.82, 2.24) is 19.7 Å². The number of benzene rings is 1. The Morgan fingerprint density at radius 3 is 2.67 bits per heavy atom. The molecule has 0 aliphatic heterocycles. The summed E-state index contributed by atoms with van der Waals surface area (Å²) in [6.07, 6.45) is 3.42. The van der Waals surface area contributed by atoms with Crippen LogP contribution in [0.4, 0.5) is 5.69 Å². The first-order chi connectivity index (χ1) is 15.9. The lowest BCUT2D eigenvalue weighted by atomic mass is 10.2. The summed E-state index contributed by atoms with van der Waals surface area (Å²) in [6.45, 7) is 4.12. The van der Waals surface area contributed by atoms with Gasteiger partial charge in [0.05, 0.1) is 17.8 Å². The van der Waals surface area contributed by atoms with E-state index in [1.165, 1.54) is 0 Å². The number of pyridine rings is 2. The minimum absolute atomic E-state index is 0.0929. The van der Waals surface area contributed by atoms with Crippen LogP contribution in [0.1, 0.15) is 27.4 Å². The van der Waals surface area contributed by atoms with Crippen LogP contribution in [-0.2, 0) is 6.61 Å². The quantitative estimate of drug-likeness (QED) is 0.424. The van der Waals surface area contributed by atoms with Gasteiger partial charge in [0.1, 0.15) is 12.3 Å². The Kier molecular flexibility index (Phi) is 6.55. The van der Waals surface area contributed by atoms with Crippen molar-refractivity contribution in [1.29, 1.82) is 0 Å². The summed E-state index contributed by atoms with van der Waals surface area (Å²) in [5.41, 5.74) is 3.27. The maximum Gasteiger partial charge on any atom is 0.275 e. The molecule has 33 heavy (non-hydrogen) atoms. The second-order valence-electron chi connectivity index (χ2n) is 7.31. The highest BCUT2D eigenvalue weighted by Crippen LogP contribution is 2.31. The van der Waals surface area contributed by atoms with Crippen LogP contribution in [0.15, 0.2) is 60.9 Å². The monoisotopic (exact) mass is 463 g/mol. The molecule has 8 nitrogen and oxygen atoms in total. The summed E-state index contributed by atoms with van der Waals surface area (Å²) < 4.78 is 12.9. The van der Waals surface area contributed by atoms with Crippen LogP contribution in [0.5, 0.6) is 11.5 Å². The highest BCUT2D eigenvalue weighted by atomic mass is 35.5. The van der Waals surface area contributed by atoms with Gasteiger partial charge in [-0.1, -0.05) is 17.7 Å². The van der Waals surface area contributed by atoms with Gasteiger partial charge >= 0.3 is 0 Å². The molecule has 1 amide bonds. The molecular formula is C24H22ClN5O3. The Labute approximate surface area is 196 Å². The van der Waals surface area contributed by atoms with Crippen LogP contribution < -0.4 is 14.8 Å². The zero-order valence-corrected chi connectivity index (χ0v) is 19.1. The SMILES string of the molecule is COc1ccc(NC(=O)c2nc(-n3nc(C)cc3C)ccc2Cl)cc1OCc1cccnc1. The molecule has 1 N–H and O–H groups in total. The number of nitrogens with one attached hydrogen (secondary N) is 1. The first-order valence-corrected chi connectivity index (χ1v) is 10.5. The van der Waals surface area contributed by atoms with Crippen LogP contribution >= 0.6 is 11.6 Å². The van der Waals surface area contributed by atoms with E-state index in [1.807, 2.05) is 32.0 Å². The largest absolute Gasteiger partial charge is 0.493 e. The minimum atomic E-state index is -0.452. The van der Waals surface area contributed by atoms with Gasteiger partial charge in [0.25, 0.3) is 5.91 Å². The highest BCUT2D eigenvalue weighted by molar-refractivity contribution is 6.34. The third-order valence-corrected chi connectivity index (χ3v) is 5.12. The summed E-state index contributed by atoms with van der Waals surface area (Å²) in [4.78, 5) is 21.5. The first-order valence-electron chi connectivity index (χ1n) is 10.2. The molecule has 0 fully saturated rings. The van der Waals surface area contributed by atoms with Gasteiger partial charge in [0, 0.05) is 35.4 Å². The van der Waals surface area contributed by atoms with Gasteiger partial charge in [0.2, 0.25) is 0 Å². The number of amides is 1. The van der Waals surface area contributed by atoms with Crippen molar-refractivity contribution in [3.05, 3.63) is 88.6 Å². The van der Waals surface area contributed by atoms with E-state index in [-0.39, 0.29) is 10.7 Å². The van der Waals surface area contributed by atoms with Gasteiger partial charge in [-0.3, -0.25) is 9.78 Å². The molecule has 3 aromatic heterocycles. The second kappa shape index (κ2) is 9.70. The number of carbonyl (C=O) groups is 1. The molecule has 4 aromatic rings. The van der Waals surface area contributed by atoms with E-state index in [2.05, 4.69) is 20.4 Å². The van der Waals surface area contributed by atoms with Crippen LogP contribution in [0, 0.1) is 13.8 Å². The zero-order valence-electron chi connectivity index (χ0n) is 18.4. The molecule has 0 atom stereocenters. The number of hydrogen-bond donors (Lipinski definition) is 1. The molecule has 168 valence electrons. The zero-order chi connectivity index (χ0) is 23.4. The molecule has 0 aliphatic carbocycles. The fraction of sp³-hybridized carbons (Fsp3) is 0.167. The molecule has 0 unspecified atom stereocenters. The van der Waals surface area contributed by atoms with Gasteiger partial charge in [-0.05, 0) is 50.2 Å². The van der Waals surface area contributed by atoms with Crippen molar-refractivity contribution in [2.24, 2.45) is 0 Å². The Morgan fingerprint density at radius 1 is 1.12 bits per heavy atom. The highest BCUT2D eigenvalue weighted by Gasteiger charge is 2.17. The summed E-state index contributed by atoms with van der Waals surface area (Å²) in [5.74, 6) is 1.08. The van der Waals surface area contributed by atoms with Gasteiger partial charge in [-0.25, -0.2) is 9.67 Å². The lowest BCUT2D eigenvalue weighted by Gasteiger charge is -2.13. The lowest BCUT2D eigenvalue weighted by Crippen LogP contribution is -2.16. The van der Waals surface area contributed by atoms with E-state index >= 15 is 0 Å². The van der Waals surface area contributed by atoms with Gasteiger partial charge in [0.15, 0.2) is 17.3 Å². The van der Waals surface area contributed by atoms with E-state index in [0.717, 1.165) is 17.0 Å². The maximum atomic E-state index is 13.0. The average Bonchev–Trinajstić information content (AvgIpc) is 3.16. The molecule has 0 radical (unpaired) electrons. The smallest absolute Gasteiger partial charge is 0.275 e. The molecule has 0 saturated carbocycles. The van der Waals surface area contributed by atoms with Crippen LogP contribution in [0.3, 0.4) is 0 Å². The Balaban J connectivity index is 1.56.